The zero-order chi connectivity index (χ0) is 37.5. The van der Waals surface area contributed by atoms with Gasteiger partial charge >= 0.3 is 0 Å². The minimum absolute atomic E-state index is 0.608. The number of nitrogens with zero attached hydrogens (tertiary/aromatic N) is 5. The maximum atomic E-state index is 6.12. The fourth-order valence-corrected chi connectivity index (χ4v) is 8.55. The molecular formula is C51H31N5O. The topological polar surface area (TPSA) is 61.7 Å². The third kappa shape index (κ3) is 4.94. The molecule has 0 unspecified atom stereocenters. The van der Waals surface area contributed by atoms with Crippen molar-refractivity contribution in [3.63, 3.8) is 0 Å². The van der Waals surface area contributed by atoms with Gasteiger partial charge in [0.2, 0.25) is 0 Å². The molecule has 0 fully saturated rings. The Kier molecular flexibility index (Phi) is 6.83. The van der Waals surface area contributed by atoms with Crippen molar-refractivity contribution in [2.45, 2.75) is 0 Å². The highest BCUT2D eigenvalue weighted by atomic mass is 16.3. The van der Waals surface area contributed by atoms with E-state index >= 15 is 0 Å². The predicted octanol–water partition coefficient (Wildman–Crippen LogP) is 13.0. The Bertz CT molecular complexity index is 3470. The number of para-hydroxylation sites is 4. The largest absolute Gasteiger partial charge is 0.456 e. The molecule has 12 rings (SSSR count). The number of hydrogen-bond donors (Lipinski definition) is 0. The summed E-state index contributed by atoms with van der Waals surface area (Å²) in [5, 5.41) is 7.01. The lowest BCUT2D eigenvalue weighted by atomic mass is 10.1. The maximum Gasteiger partial charge on any atom is 0.164 e. The molecule has 0 spiro atoms. The summed E-state index contributed by atoms with van der Waals surface area (Å²) < 4.78 is 10.9. The van der Waals surface area contributed by atoms with Crippen LogP contribution >= 0.6 is 0 Å². The molecule has 57 heavy (non-hydrogen) atoms. The first-order valence-electron chi connectivity index (χ1n) is 19.1. The van der Waals surface area contributed by atoms with Gasteiger partial charge in [0.05, 0.1) is 22.1 Å². The lowest BCUT2D eigenvalue weighted by Crippen LogP contribution is -2.00. The second kappa shape index (κ2) is 12.3. The highest BCUT2D eigenvalue weighted by Crippen LogP contribution is 2.38. The molecule has 0 aliphatic heterocycles. The van der Waals surface area contributed by atoms with Gasteiger partial charge < -0.3 is 13.6 Å². The first-order chi connectivity index (χ1) is 28.2. The molecule has 0 aliphatic rings. The van der Waals surface area contributed by atoms with Gasteiger partial charge in [-0.05, 0) is 84.9 Å². The maximum absolute atomic E-state index is 6.12. The van der Waals surface area contributed by atoms with Crippen molar-refractivity contribution in [3.8, 4) is 45.5 Å². The van der Waals surface area contributed by atoms with E-state index in [-0.39, 0.29) is 0 Å². The average molecular weight is 730 g/mol. The standard InChI is InChI=1S/C51H31N5O/c1-2-12-32(13-3-1)49-52-50(54-51(53-49)34-24-29-48-42(30-34)40-17-7-11-21-47(40)57-48)33-22-25-35(26-23-33)55-45-20-10-6-16-39(45)41-31-36(27-28-46(41)55)56-43-18-8-4-14-37(43)38-15-5-9-19-44(38)56/h1-31H. The van der Waals surface area contributed by atoms with Gasteiger partial charge in [-0.15, -0.1) is 0 Å². The van der Waals surface area contributed by atoms with Crippen LogP contribution in [-0.4, -0.2) is 24.1 Å². The second-order valence-corrected chi connectivity index (χ2v) is 14.5. The Labute approximate surface area is 326 Å². The van der Waals surface area contributed by atoms with E-state index in [9.17, 15) is 0 Å². The van der Waals surface area contributed by atoms with Gasteiger partial charge in [0.25, 0.3) is 0 Å². The van der Waals surface area contributed by atoms with Crippen LogP contribution in [-0.2, 0) is 0 Å². The van der Waals surface area contributed by atoms with Crippen LogP contribution < -0.4 is 0 Å². The molecule has 4 heterocycles. The van der Waals surface area contributed by atoms with Crippen molar-refractivity contribution >= 4 is 65.6 Å². The molecule has 0 bridgehead atoms. The minimum atomic E-state index is 0.608. The van der Waals surface area contributed by atoms with Crippen molar-refractivity contribution < 1.29 is 4.42 Å². The van der Waals surface area contributed by atoms with Crippen LogP contribution in [0.4, 0.5) is 0 Å². The van der Waals surface area contributed by atoms with Crippen molar-refractivity contribution in [2.75, 3.05) is 0 Å². The van der Waals surface area contributed by atoms with Crippen LogP contribution in [0.1, 0.15) is 0 Å². The van der Waals surface area contributed by atoms with E-state index in [1.165, 1.54) is 32.6 Å². The van der Waals surface area contributed by atoms with E-state index in [1.54, 1.807) is 0 Å². The predicted molar refractivity (Wildman–Crippen MR) is 232 cm³/mol. The summed E-state index contributed by atoms with van der Waals surface area (Å²) in [6.45, 7) is 0. The Morgan fingerprint density at radius 1 is 0.298 bits per heavy atom. The zero-order valence-corrected chi connectivity index (χ0v) is 30.5. The second-order valence-electron chi connectivity index (χ2n) is 14.5. The minimum Gasteiger partial charge on any atom is -0.456 e. The van der Waals surface area contributed by atoms with Crippen molar-refractivity contribution in [1.82, 2.24) is 24.1 Å². The summed E-state index contributed by atoms with van der Waals surface area (Å²) in [7, 11) is 0. The molecular weight excluding hydrogens is 699 g/mol. The van der Waals surface area contributed by atoms with Gasteiger partial charge in [0.15, 0.2) is 17.5 Å². The Balaban J connectivity index is 0.984. The lowest BCUT2D eigenvalue weighted by Gasteiger charge is -2.11. The van der Waals surface area contributed by atoms with Gasteiger partial charge in [0, 0.05) is 60.4 Å². The summed E-state index contributed by atoms with van der Waals surface area (Å²) in [5.74, 6) is 1.84. The number of furan rings is 1. The molecule has 0 radical (unpaired) electrons. The third-order valence-corrected chi connectivity index (χ3v) is 11.2. The molecule has 0 amide bonds. The Morgan fingerprint density at radius 3 is 1.42 bits per heavy atom. The quantitative estimate of drug-likeness (QED) is 0.177. The molecule has 0 N–H and O–H groups in total. The van der Waals surface area contributed by atoms with E-state index in [0.29, 0.717) is 17.5 Å². The smallest absolute Gasteiger partial charge is 0.164 e. The fourth-order valence-electron chi connectivity index (χ4n) is 8.55. The Hall–Kier alpha value is -7.83. The average Bonchev–Trinajstić information content (AvgIpc) is 3.94. The number of benzene rings is 8. The Morgan fingerprint density at radius 2 is 0.754 bits per heavy atom. The van der Waals surface area contributed by atoms with E-state index in [4.69, 9.17) is 19.4 Å². The van der Waals surface area contributed by atoms with Crippen LogP contribution in [0.5, 0.6) is 0 Å². The van der Waals surface area contributed by atoms with Gasteiger partial charge in [-0.3, -0.25) is 0 Å². The molecule has 0 saturated heterocycles. The number of aromatic nitrogens is 5. The lowest BCUT2D eigenvalue weighted by molar-refractivity contribution is 0.669. The molecule has 12 aromatic rings. The van der Waals surface area contributed by atoms with Crippen molar-refractivity contribution in [3.05, 3.63) is 188 Å². The molecule has 0 aliphatic carbocycles. The molecule has 0 atom stereocenters. The van der Waals surface area contributed by atoms with E-state index in [2.05, 4.69) is 137 Å². The molecule has 8 aromatic carbocycles. The van der Waals surface area contributed by atoms with E-state index in [1.807, 2.05) is 60.7 Å². The summed E-state index contributed by atoms with van der Waals surface area (Å²) in [4.78, 5) is 15.1. The number of hydrogen-bond acceptors (Lipinski definition) is 4. The summed E-state index contributed by atoms with van der Waals surface area (Å²) >= 11 is 0. The number of rotatable bonds is 5. The third-order valence-electron chi connectivity index (χ3n) is 11.2. The van der Waals surface area contributed by atoms with Gasteiger partial charge in [-0.2, -0.15) is 0 Å². The summed E-state index contributed by atoms with van der Waals surface area (Å²) in [6.07, 6.45) is 0. The molecule has 6 nitrogen and oxygen atoms in total. The van der Waals surface area contributed by atoms with Crippen LogP contribution in [0.25, 0.3) is 111 Å². The summed E-state index contributed by atoms with van der Waals surface area (Å²) in [5.41, 5.74) is 11.3. The zero-order valence-electron chi connectivity index (χ0n) is 30.5. The van der Waals surface area contributed by atoms with Gasteiger partial charge in [0.1, 0.15) is 11.2 Å². The monoisotopic (exact) mass is 729 g/mol. The summed E-state index contributed by atoms with van der Waals surface area (Å²) in [6, 6.07) is 65.7. The van der Waals surface area contributed by atoms with E-state index < -0.39 is 0 Å². The number of fused-ring (bicyclic) bond motifs is 9. The van der Waals surface area contributed by atoms with E-state index in [0.717, 1.165) is 61.0 Å². The normalized spacial score (nSPS) is 11.9. The van der Waals surface area contributed by atoms with Crippen molar-refractivity contribution in [2.24, 2.45) is 0 Å². The SMILES string of the molecule is c1ccc(-c2nc(-c3ccc(-n4c5ccccc5c5cc(-n6c7ccccc7c7ccccc76)ccc54)cc3)nc(-c3ccc4oc5ccccc5c4c3)n2)cc1. The molecule has 0 saturated carbocycles. The van der Waals surface area contributed by atoms with Crippen LogP contribution in [0.3, 0.4) is 0 Å². The van der Waals surface area contributed by atoms with Gasteiger partial charge in [-0.1, -0.05) is 103 Å². The van der Waals surface area contributed by atoms with Gasteiger partial charge in [-0.25, -0.2) is 15.0 Å². The fraction of sp³-hybridized carbons (Fsp3) is 0. The highest BCUT2D eigenvalue weighted by molar-refractivity contribution is 6.12. The van der Waals surface area contributed by atoms with Crippen LogP contribution in [0, 0.1) is 0 Å². The molecule has 4 aromatic heterocycles. The van der Waals surface area contributed by atoms with Crippen LogP contribution in [0.15, 0.2) is 192 Å². The molecule has 6 heteroatoms. The molecule has 266 valence electrons. The first kappa shape index (κ1) is 31.5. The first-order valence-corrected chi connectivity index (χ1v) is 19.1. The highest BCUT2D eigenvalue weighted by Gasteiger charge is 2.18. The van der Waals surface area contributed by atoms with Crippen molar-refractivity contribution in [1.29, 1.82) is 0 Å². The van der Waals surface area contributed by atoms with Crippen LogP contribution in [0.2, 0.25) is 0 Å².